The predicted octanol–water partition coefficient (Wildman–Crippen LogP) is 3.50. The van der Waals surface area contributed by atoms with E-state index in [1.807, 2.05) is 19.9 Å². The standard InChI is InChI=1S/C18H26N4O3S/c1-12(2)17-20-16(21-25-17)14-7-6-10-22(14)13-8-9-15(19-11-13)26(23,24)18(3,4)5/h8-9,11-12,14H,6-7,10H2,1-5H3. The fourth-order valence-corrected chi connectivity index (χ4v) is 4.04. The molecule has 0 bridgehead atoms. The van der Waals surface area contributed by atoms with E-state index in [9.17, 15) is 8.42 Å². The van der Waals surface area contributed by atoms with Crippen LogP contribution >= 0.6 is 0 Å². The van der Waals surface area contributed by atoms with Gasteiger partial charge in [-0.1, -0.05) is 19.0 Å². The highest BCUT2D eigenvalue weighted by atomic mass is 32.2. The maximum atomic E-state index is 12.5. The van der Waals surface area contributed by atoms with Crippen LogP contribution in [-0.2, 0) is 9.84 Å². The molecule has 1 aliphatic rings. The van der Waals surface area contributed by atoms with Crippen molar-refractivity contribution >= 4 is 15.5 Å². The van der Waals surface area contributed by atoms with Crippen LogP contribution in [0.3, 0.4) is 0 Å². The molecule has 0 aromatic carbocycles. The van der Waals surface area contributed by atoms with Gasteiger partial charge in [-0.15, -0.1) is 0 Å². The second-order valence-electron chi connectivity index (χ2n) is 7.97. The van der Waals surface area contributed by atoms with Gasteiger partial charge in [0.1, 0.15) is 0 Å². The highest BCUT2D eigenvalue weighted by Gasteiger charge is 2.34. The zero-order chi connectivity index (χ0) is 19.1. The molecule has 0 spiro atoms. The first-order chi connectivity index (χ1) is 12.1. The Hall–Kier alpha value is -1.96. The summed E-state index contributed by atoms with van der Waals surface area (Å²) >= 11 is 0. The van der Waals surface area contributed by atoms with E-state index in [1.54, 1.807) is 33.0 Å². The third-order valence-electron chi connectivity index (χ3n) is 4.64. The quantitative estimate of drug-likeness (QED) is 0.804. The minimum absolute atomic E-state index is 0.0260. The van der Waals surface area contributed by atoms with Gasteiger partial charge >= 0.3 is 0 Å². The molecular weight excluding hydrogens is 352 g/mol. The van der Waals surface area contributed by atoms with Gasteiger partial charge in [0.2, 0.25) is 5.89 Å². The van der Waals surface area contributed by atoms with Gasteiger partial charge in [0.05, 0.1) is 22.7 Å². The summed E-state index contributed by atoms with van der Waals surface area (Å²) in [4.78, 5) is 10.9. The summed E-state index contributed by atoms with van der Waals surface area (Å²) in [5.74, 6) is 1.50. The van der Waals surface area contributed by atoms with Crippen LogP contribution < -0.4 is 4.90 Å². The lowest BCUT2D eigenvalue weighted by molar-refractivity contribution is 0.358. The molecule has 0 radical (unpaired) electrons. The van der Waals surface area contributed by atoms with Crippen LogP contribution in [-0.4, -0.2) is 34.8 Å². The fraction of sp³-hybridized carbons (Fsp3) is 0.611. The van der Waals surface area contributed by atoms with E-state index in [0.717, 1.165) is 25.1 Å². The third-order valence-corrected chi connectivity index (χ3v) is 7.04. The molecule has 1 unspecified atom stereocenters. The summed E-state index contributed by atoms with van der Waals surface area (Å²) < 4.78 is 29.5. The molecule has 8 heteroatoms. The number of pyridine rings is 1. The molecule has 0 aliphatic carbocycles. The van der Waals surface area contributed by atoms with E-state index in [2.05, 4.69) is 20.0 Å². The minimum atomic E-state index is -3.46. The monoisotopic (exact) mass is 378 g/mol. The summed E-state index contributed by atoms with van der Waals surface area (Å²) in [5, 5.41) is 4.24. The summed E-state index contributed by atoms with van der Waals surface area (Å²) in [5.41, 5.74) is 0.872. The van der Waals surface area contributed by atoms with Crippen LogP contribution in [0.2, 0.25) is 0 Å². The van der Waals surface area contributed by atoms with E-state index in [1.165, 1.54) is 0 Å². The average molecular weight is 378 g/mol. The first kappa shape index (κ1) is 18.8. The Morgan fingerprint density at radius 3 is 2.54 bits per heavy atom. The molecule has 7 nitrogen and oxygen atoms in total. The van der Waals surface area contributed by atoms with Crippen molar-refractivity contribution in [2.75, 3.05) is 11.4 Å². The molecule has 3 heterocycles. The van der Waals surface area contributed by atoms with Crippen molar-refractivity contribution in [3.8, 4) is 0 Å². The lowest BCUT2D eigenvalue weighted by atomic mass is 10.2. The second kappa shape index (κ2) is 6.64. The zero-order valence-corrected chi connectivity index (χ0v) is 16.7. The van der Waals surface area contributed by atoms with Crippen molar-refractivity contribution < 1.29 is 12.9 Å². The highest BCUT2D eigenvalue weighted by Crippen LogP contribution is 2.35. The molecule has 1 atom stereocenters. The highest BCUT2D eigenvalue weighted by molar-refractivity contribution is 7.92. The molecule has 0 N–H and O–H groups in total. The van der Waals surface area contributed by atoms with E-state index >= 15 is 0 Å². The topological polar surface area (TPSA) is 89.2 Å². The lowest BCUT2D eigenvalue weighted by Gasteiger charge is -2.24. The fourth-order valence-electron chi connectivity index (χ4n) is 2.98. The Bertz CT molecular complexity index is 867. The first-order valence-corrected chi connectivity index (χ1v) is 10.4. The summed E-state index contributed by atoms with van der Waals surface area (Å²) in [6.45, 7) is 9.91. The van der Waals surface area contributed by atoms with Gasteiger partial charge in [-0.2, -0.15) is 4.98 Å². The number of hydrogen-bond acceptors (Lipinski definition) is 7. The summed E-state index contributed by atoms with van der Waals surface area (Å²) in [6.07, 6.45) is 3.57. The Labute approximate surface area is 154 Å². The number of rotatable bonds is 4. The van der Waals surface area contributed by atoms with Crippen molar-refractivity contribution in [1.29, 1.82) is 0 Å². The third kappa shape index (κ3) is 3.34. The Morgan fingerprint density at radius 2 is 2.00 bits per heavy atom. The maximum Gasteiger partial charge on any atom is 0.229 e. The van der Waals surface area contributed by atoms with Gasteiger partial charge in [0.15, 0.2) is 20.7 Å². The molecule has 3 rings (SSSR count). The lowest BCUT2D eigenvalue weighted by Crippen LogP contribution is -2.29. The van der Waals surface area contributed by atoms with Crippen LogP contribution in [0.4, 0.5) is 5.69 Å². The van der Waals surface area contributed by atoms with E-state index in [4.69, 9.17) is 4.52 Å². The largest absolute Gasteiger partial charge is 0.360 e. The second-order valence-corrected chi connectivity index (χ2v) is 10.6. The Morgan fingerprint density at radius 1 is 1.27 bits per heavy atom. The van der Waals surface area contributed by atoms with Gasteiger partial charge < -0.3 is 9.42 Å². The molecule has 2 aromatic rings. The molecule has 1 aliphatic heterocycles. The molecule has 26 heavy (non-hydrogen) atoms. The minimum Gasteiger partial charge on any atom is -0.360 e. The van der Waals surface area contributed by atoms with Gasteiger partial charge in [-0.3, -0.25) is 0 Å². The maximum absolute atomic E-state index is 12.5. The van der Waals surface area contributed by atoms with Crippen LogP contribution in [0.25, 0.3) is 0 Å². The molecule has 142 valence electrons. The van der Waals surface area contributed by atoms with Crippen molar-refractivity contribution in [3.05, 3.63) is 30.0 Å². The number of nitrogens with zero attached hydrogens (tertiary/aromatic N) is 4. The SMILES string of the molecule is CC(C)c1nc(C2CCCN2c2ccc(S(=O)(=O)C(C)(C)C)nc2)no1. The molecule has 0 amide bonds. The van der Waals surface area contributed by atoms with Gasteiger partial charge in [-0.25, -0.2) is 13.4 Å². The van der Waals surface area contributed by atoms with Crippen LogP contribution in [0.5, 0.6) is 0 Å². The van der Waals surface area contributed by atoms with Gasteiger partial charge in [-0.05, 0) is 45.7 Å². The first-order valence-electron chi connectivity index (χ1n) is 8.92. The average Bonchev–Trinajstić information content (AvgIpc) is 3.23. The van der Waals surface area contributed by atoms with E-state index < -0.39 is 14.6 Å². The predicted molar refractivity (Wildman–Crippen MR) is 98.9 cm³/mol. The van der Waals surface area contributed by atoms with E-state index in [-0.39, 0.29) is 17.0 Å². The van der Waals surface area contributed by atoms with Crippen molar-refractivity contribution in [2.45, 2.75) is 69.2 Å². The Kier molecular flexibility index (Phi) is 4.81. The number of hydrogen-bond donors (Lipinski definition) is 0. The molecule has 1 saturated heterocycles. The summed E-state index contributed by atoms with van der Waals surface area (Å²) in [7, 11) is -3.46. The van der Waals surface area contributed by atoms with Crippen LogP contribution in [0.1, 0.15) is 71.1 Å². The zero-order valence-electron chi connectivity index (χ0n) is 15.9. The van der Waals surface area contributed by atoms with Gasteiger partial charge in [0, 0.05) is 12.5 Å². The number of aromatic nitrogens is 3. The number of anilines is 1. The van der Waals surface area contributed by atoms with Crippen molar-refractivity contribution in [3.63, 3.8) is 0 Å². The molecule has 2 aromatic heterocycles. The molecule has 1 fully saturated rings. The summed E-state index contributed by atoms with van der Waals surface area (Å²) in [6, 6.07) is 3.42. The normalized spacial score (nSPS) is 18.7. The molecular formula is C18H26N4O3S. The van der Waals surface area contributed by atoms with Crippen molar-refractivity contribution in [1.82, 2.24) is 15.1 Å². The molecule has 0 saturated carbocycles. The van der Waals surface area contributed by atoms with Crippen LogP contribution in [0.15, 0.2) is 27.9 Å². The van der Waals surface area contributed by atoms with Crippen molar-refractivity contribution in [2.24, 2.45) is 0 Å². The smallest absolute Gasteiger partial charge is 0.229 e. The Balaban J connectivity index is 1.86. The van der Waals surface area contributed by atoms with Crippen LogP contribution in [0, 0.1) is 0 Å². The van der Waals surface area contributed by atoms with Gasteiger partial charge in [0.25, 0.3) is 0 Å². The number of sulfone groups is 1. The van der Waals surface area contributed by atoms with E-state index in [0.29, 0.717) is 11.7 Å².